The van der Waals surface area contributed by atoms with Crippen LogP contribution in [-0.4, -0.2) is 27.9 Å². The van der Waals surface area contributed by atoms with Crippen LogP contribution in [0, 0.1) is 10.1 Å². The minimum Gasteiger partial charge on any atom is -0.480 e. The monoisotopic (exact) mass is 306 g/mol. The molecule has 22 heavy (non-hydrogen) atoms. The number of benzene rings is 1. The third-order valence-corrected chi connectivity index (χ3v) is 2.99. The van der Waals surface area contributed by atoms with Gasteiger partial charge in [-0.05, 0) is 30.2 Å². The molecular formula is C15H18N2O5. The van der Waals surface area contributed by atoms with Crippen LogP contribution in [0.2, 0.25) is 0 Å². The quantitative estimate of drug-likeness (QED) is 0.435. The molecule has 0 aliphatic heterocycles. The van der Waals surface area contributed by atoms with E-state index >= 15 is 0 Å². The van der Waals surface area contributed by atoms with Gasteiger partial charge < -0.3 is 10.4 Å². The Morgan fingerprint density at radius 1 is 1.36 bits per heavy atom. The molecule has 7 nitrogen and oxygen atoms in total. The smallest absolute Gasteiger partial charge is 0.326 e. The molecule has 1 amide bonds. The number of nitro benzene ring substituents is 1. The number of nitrogens with one attached hydrogen (secondary N) is 1. The van der Waals surface area contributed by atoms with Crippen molar-refractivity contribution in [2.24, 2.45) is 0 Å². The molecular weight excluding hydrogens is 288 g/mol. The molecule has 1 unspecified atom stereocenters. The van der Waals surface area contributed by atoms with E-state index < -0.39 is 22.8 Å². The van der Waals surface area contributed by atoms with Crippen LogP contribution >= 0.6 is 0 Å². The van der Waals surface area contributed by atoms with Crippen molar-refractivity contribution in [2.75, 3.05) is 0 Å². The molecule has 0 aromatic heterocycles. The minimum absolute atomic E-state index is 0.0351. The lowest BCUT2D eigenvalue weighted by molar-refractivity contribution is -0.384. The first kappa shape index (κ1) is 17.4. The summed E-state index contributed by atoms with van der Waals surface area (Å²) in [6.45, 7) is 1.94. The number of nitro groups is 1. The van der Waals surface area contributed by atoms with E-state index in [1.165, 1.54) is 36.4 Å². The zero-order valence-corrected chi connectivity index (χ0v) is 12.2. The van der Waals surface area contributed by atoms with Crippen molar-refractivity contribution in [1.82, 2.24) is 5.32 Å². The SMILES string of the molecule is CCCCC(NC(=O)/C=C/c1ccc([N+](=O)[O-])cc1)C(=O)O. The average molecular weight is 306 g/mol. The van der Waals surface area contributed by atoms with E-state index in [2.05, 4.69) is 5.32 Å². The topological polar surface area (TPSA) is 110 Å². The highest BCUT2D eigenvalue weighted by Crippen LogP contribution is 2.12. The number of non-ortho nitro benzene ring substituents is 1. The summed E-state index contributed by atoms with van der Waals surface area (Å²) in [5.74, 6) is -1.58. The summed E-state index contributed by atoms with van der Waals surface area (Å²) in [5.41, 5.74) is 0.577. The van der Waals surface area contributed by atoms with Crippen LogP contribution in [0.25, 0.3) is 6.08 Å². The predicted octanol–water partition coefficient (Wildman–Crippen LogP) is 2.37. The Morgan fingerprint density at radius 3 is 2.50 bits per heavy atom. The molecule has 0 aliphatic rings. The molecule has 0 saturated carbocycles. The average Bonchev–Trinajstić information content (AvgIpc) is 2.49. The molecule has 0 saturated heterocycles. The first-order valence-electron chi connectivity index (χ1n) is 6.90. The van der Waals surface area contributed by atoms with Crippen LogP contribution in [0.1, 0.15) is 31.7 Å². The van der Waals surface area contributed by atoms with Gasteiger partial charge >= 0.3 is 5.97 Å². The van der Waals surface area contributed by atoms with E-state index in [1.54, 1.807) is 0 Å². The lowest BCUT2D eigenvalue weighted by atomic mass is 10.1. The van der Waals surface area contributed by atoms with Gasteiger partial charge in [0.05, 0.1) is 4.92 Å². The number of carbonyl (C=O) groups excluding carboxylic acids is 1. The molecule has 1 aromatic carbocycles. The van der Waals surface area contributed by atoms with Gasteiger partial charge in [0.2, 0.25) is 5.91 Å². The zero-order chi connectivity index (χ0) is 16.5. The van der Waals surface area contributed by atoms with Gasteiger partial charge in [0, 0.05) is 18.2 Å². The summed E-state index contributed by atoms with van der Waals surface area (Å²) in [4.78, 5) is 32.7. The molecule has 0 heterocycles. The number of nitrogens with zero attached hydrogens (tertiary/aromatic N) is 1. The van der Waals surface area contributed by atoms with Crippen molar-refractivity contribution in [2.45, 2.75) is 32.2 Å². The molecule has 2 N–H and O–H groups in total. The summed E-state index contributed by atoms with van der Waals surface area (Å²) >= 11 is 0. The van der Waals surface area contributed by atoms with E-state index in [0.29, 0.717) is 18.4 Å². The fourth-order valence-electron chi connectivity index (χ4n) is 1.76. The Kier molecular flexibility index (Phi) is 6.75. The highest BCUT2D eigenvalue weighted by Gasteiger charge is 2.17. The molecule has 7 heteroatoms. The number of amides is 1. The number of hydrogen-bond acceptors (Lipinski definition) is 4. The second kappa shape index (κ2) is 8.56. The molecule has 0 aliphatic carbocycles. The summed E-state index contributed by atoms with van der Waals surface area (Å²) < 4.78 is 0. The number of carboxylic acids is 1. The van der Waals surface area contributed by atoms with Crippen LogP contribution < -0.4 is 5.32 Å². The minimum atomic E-state index is -1.06. The second-order valence-electron chi connectivity index (χ2n) is 4.72. The van der Waals surface area contributed by atoms with Gasteiger partial charge in [-0.2, -0.15) is 0 Å². The normalized spacial score (nSPS) is 12.0. The van der Waals surface area contributed by atoms with E-state index in [9.17, 15) is 19.7 Å². The maximum atomic E-state index is 11.7. The highest BCUT2D eigenvalue weighted by molar-refractivity contribution is 5.94. The van der Waals surface area contributed by atoms with Crippen molar-refractivity contribution in [3.05, 3.63) is 46.0 Å². The Balaban J connectivity index is 2.62. The molecule has 0 spiro atoms. The van der Waals surface area contributed by atoms with Gasteiger partial charge in [0.25, 0.3) is 5.69 Å². The van der Waals surface area contributed by atoms with E-state index in [4.69, 9.17) is 5.11 Å². The van der Waals surface area contributed by atoms with Crippen molar-refractivity contribution >= 4 is 23.6 Å². The van der Waals surface area contributed by atoms with E-state index in [0.717, 1.165) is 6.42 Å². The largest absolute Gasteiger partial charge is 0.480 e. The Labute approximate surface area is 127 Å². The lowest BCUT2D eigenvalue weighted by Crippen LogP contribution is -2.39. The molecule has 1 atom stereocenters. The first-order chi connectivity index (χ1) is 10.4. The molecule has 0 bridgehead atoms. The van der Waals surface area contributed by atoms with Gasteiger partial charge in [0.1, 0.15) is 6.04 Å². The van der Waals surface area contributed by atoms with Crippen LogP contribution in [0.3, 0.4) is 0 Å². The van der Waals surface area contributed by atoms with Gasteiger partial charge in [-0.25, -0.2) is 4.79 Å². The van der Waals surface area contributed by atoms with Crippen molar-refractivity contribution in [3.63, 3.8) is 0 Å². The standard InChI is InChI=1S/C15H18N2O5/c1-2-3-4-13(15(19)20)16-14(18)10-7-11-5-8-12(9-6-11)17(21)22/h5-10,13H,2-4H2,1H3,(H,16,18)(H,19,20)/b10-7+. The molecule has 1 rings (SSSR count). The number of rotatable bonds is 8. The lowest BCUT2D eigenvalue weighted by Gasteiger charge is -2.12. The maximum absolute atomic E-state index is 11.7. The second-order valence-corrected chi connectivity index (χ2v) is 4.72. The third-order valence-electron chi connectivity index (χ3n) is 2.99. The van der Waals surface area contributed by atoms with Gasteiger partial charge in [-0.1, -0.05) is 19.8 Å². The summed E-state index contributed by atoms with van der Waals surface area (Å²) in [6, 6.07) is 4.77. The summed E-state index contributed by atoms with van der Waals surface area (Å²) in [7, 11) is 0. The van der Waals surface area contributed by atoms with Crippen molar-refractivity contribution in [1.29, 1.82) is 0 Å². The number of aliphatic carboxylic acids is 1. The first-order valence-corrected chi connectivity index (χ1v) is 6.90. The van der Waals surface area contributed by atoms with Crippen LogP contribution in [0.5, 0.6) is 0 Å². The Morgan fingerprint density at radius 2 is 2.00 bits per heavy atom. The third kappa shape index (κ3) is 5.74. The number of carbonyl (C=O) groups is 2. The van der Waals surface area contributed by atoms with Crippen molar-refractivity contribution in [3.8, 4) is 0 Å². The molecule has 1 aromatic rings. The number of unbranched alkanes of at least 4 members (excludes halogenated alkanes) is 1. The predicted molar refractivity (Wildman–Crippen MR) is 81.2 cm³/mol. The van der Waals surface area contributed by atoms with Gasteiger partial charge in [-0.15, -0.1) is 0 Å². The number of carboxylic acid groups (broad SMARTS) is 1. The summed E-state index contributed by atoms with van der Waals surface area (Å²) in [6.07, 6.45) is 4.62. The number of hydrogen-bond donors (Lipinski definition) is 2. The van der Waals surface area contributed by atoms with Crippen LogP contribution in [-0.2, 0) is 9.59 Å². The highest BCUT2D eigenvalue weighted by atomic mass is 16.6. The fourth-order valence-corrected chi connectivity index (χ4v) is 1.76. The maximum Gasteiger partial charge on any atom is 0.326 e. The van der Waals surface area contributed by atoms with E-state index in [1.807, 2.05) is 6.92 Å². The van der Waals surface area contributed by atoms with Crippen molar-refractivity contribution < 1.29 is 19.6 Å². The van der Waals surface area contributed by atoms with Gasteiger partial charge in [-0.3, -0.25) is 14.9 Å². The molecule has 118 valence electrons. The molecule has 0 fully saturated rings. The fraction of sp³-hybridized carbons (Fsp3) is 0.333. The molecule has 0 radical (unpaired) electrons. The van der Waals surface area contributed by atoms with Crippen LogP contribution in [0.15, 0.2) is 30.3 Å². The zero-order valence-electron chi connectivity index (χ0n) is 12.2. The Bertz CT molecular complexity index is 566. The van der Waals surface area contributed by atoms with E-state index in [-0.39, 0.29) is 5.69 Å². The van der Waals surface area contributed by atoms with Crippen LogP contribution in [0.4, 0.5) is 5.69 Å². The summed E-state index contributed by atoms with van der Waals surface area (Å²) in [5, 5.41) is 21.9. The Hall–Kier alpha value is -2.70. The van der Waals surface area contributed by atoms with Gasteiger partial charge in [0.15, 0.2) is 0 Å².